The van der Waals surface area contributed by atoms with Crippen LogP contribution in [0.25, 0.3) is 0 Å². The normalized spacial score (nSPS) is 10.4. The van der Waals surface area contributed by atoms with Gasteiger partial charge in [-0.25, -0.2) is 0 Å². The summed E-state index contributed by atoms with van der Waals surface area (Å²) in [4.78, 5) is 23.8. The molecular weight excluding hydrogens is 340 g/mol. The average Bonchev–Trinajstić information content (AvgIpc) is 2.58. The Morgan fingerprint density at radius 2 is 1.68 bits per heavy atom. The van der Waals surface area contributed by atoms with Gasteiger partial charge in [-0.3, -0.25) is 9.59 Å². The number of carbonyl (C=O) groups excluding carboxylic acids is 2. The van der Waals surface area contributed by atoms with Gasteiger partial charge in [-0.2, -0.15) is 0 Å². The van der Waals surface area contributed by atoms with E-state index in [1.54, 1.807) is 24.3 Å². The standard InChI is InChI=1S/C20H21ClO4/c1-3-6-15-7-4-5-8-18(15)25-20(23)12-11-19(22)24-16-9-10-17(21)14(2)13-16/h4-5,7-10,13H,3,6,11-12H2,1-2H3. The highest BCUT2D eigenvalue weighted by Crippen LogP contribution is 2.22. The van der Waals surface area contributed by atoms with Gasteiger partial charge in [-0.05, 0) is 48.7 Å². The van der Waals surface area contributed by atoms with E-state index in [-0.39, 0.29) is 12.8 Å². The summed E-state index contributed by atoms with van der Waals surface area (Å²) in [5.74, 6) is 0.0258. The number of rotatable bonds is 7. The first-order valence-electron chi connectivity index (χ1n) is 8.25. The maximum absolute atomic E-state index is 12.0. The molecule has 0 atom stereocenters. The van der Waals surface area contributed by atoms with Gasteiger partial charge in [0.05, 0.1) is 12.8 Å². The molecule has 0 amide bonds. The van der Waals surface area contributed by atoms with Gasteiger partial charge in [0.1, 0.15) is 11.5 Å². The molecule has 132 valence electrons. The van der Waals surface area contributed by atoms with E-state index in [1.807, 2.05) is 25.1 Å². The number of aryl methyl sites for hydroxylation is 2. The van der Waals surface area contributed by atoms with Crippen LogP contribution < -0.4 is 9.47 Å². The SMILES string of the molecule is CCCc1ccccc1OC(=O)CCC(=O)Oc1ccc(Cl)c(C)c1. The fourth-order valence-corrected chi connectivity index (χ4v) is 2.44. The smallest absolute Gasteiger partial charge is 0.311 e. The van der Waals surface area contributed by atoms with Crippen molar-refractivity contribution < 1.29 is 19.1 Å². The average molecular weight is 361 g/mol. The van der Waals surface area contributed by atoms with Crippen LogP contribution in [-0.2, 0) is 16.0 Å². The lowest BCUT2D eigenvalue weighted by Gasteiger charge is -2.09. The van der Waals surface area contributed by atoms with E-state index in [2.05, 4.69) is 6.92 Å². The largest absolute Gasteiger partial charge is 0.427 e. The summed E-state index contributed by atoms with van der Waals surface area (Å²) in [6.45, 7) is 3.89. The Hall–Kier alpha value is -2.33. The number of hydrogen-bond donors (Lipinski definition) is 0. The molecule has 25 heavy (non-hydrogen) atoms. The third-order valence-electron chi connectivity index (χ3n) is 3.61. The third kappa shape index (κ3) is 5.91. The Balaban J connectivity index is 1.85. The fraction of sp³-hybridized carbons (Fsp3) is 0.300. The summed E-state index contributed by atoms with van der Waals surface area (Å²) < 4.78 is 10.6. The van der Waals surface area contributed by atoms with Gasteiger partial charge in [0.25, 0.3) is 0 Å². The van der Waals surface area contributed by atoms with Gasteiger partial charge >= 0.3 is 11.9 Å². The molecule has 0 bridgehead atoms. The summed E-state index contributed by atoms with van der Waals surface area (Å²) >= 11 is 5.93. The Labute approximate surface area is 152 Å². The first-order chi connectivity index (χ1) is 12.0. The minimum atomic E-state index is -0.486. The Morgan fingerprint density at radius 3 is 2.36 bits per heavy atom. The summed E-state index contributed by atoms with van der Waals surface area (Å²) in [6, 6.07) is 12.4. The van der Waals surface area contributed by atoms with Gasteiger partial charge in [0.15, 0.2) is 0 Å². The van der Waals surface area contributed by atoms with E-state index in [0.717, 1.165) is 24.0 Å². The minimum absolute atomic E-state index is 0.0358. The van der Waals surface area contributed by atoms with E-state index in [0.29, 0.717) is 16.5 Å². The van der Waals surface area contributed by atoms with Crippen LogP contribution in [0.4, 0.5) is 0 Å². The van der Waals surface area contributed by atoms with Crippen LogP contribution in [0.5, 0.6) is 11.5 Å². The van der Waals surface area contributed by atoms with Gasteiger partial charge in [-0.1, -0.05) is 43.1 Å². The summed E-state index contributed by atoms with van der Waals surface area (Å²) in [5.41, 5.74) is 1.80. The Kier molecular flexibility index (Phi) is 7.02. The van der Waals surface area contributed by atoms with Crippen molar-refractivity contribution in [2.75, 3.05) is 0 Å². The van der Waals surface area contributed by atoms with E-state index < -0.39 is 11.9 Å². The van der Waals surface area contributed by atoms with Crippen molar-refractivity contribution in [2.45, 2.75) is 39.5 Å². The molecule has 0 aliphatic heterocycles. The molecule has 0 fully saturated rings. The van der Waals surface area contributed by atoms with Crippen molar-refractivity contribution in [3.8, 4) is 11.5 Å². The molecule has 0 radical (unpaired) electrons. The van der Waals surface area contributed by atoms with Crippen molar-refractivity contribution >= 4 is 23.5 Å². The van der Waals surface area contributed by atoms with Gasteiger partial charge < -0.3 is 9.47 Å². The van der Waals surface area contributed by atoms with Crippen molar-refractivity contribution in [3.05, 3.63) is 58.6 Å². The first-order valence-corrected chi connectivity index (χ1v) is 8.62. The van der Waals surface area contributed by atoms with Crippen LogP contribution in [0.3, 0.4) is 0 Å². The number of benzene rings is 2. The number of carbonyl (C=O) groups is 2. The molecular formula is C20H21ClO4. The first kappa shape index (κ1) is 19.0. The molecule has 0 spiro atoms. The van der Waals surface area contributed by atoms with Crippen LogP contribution >= 0.6 is 11.6 Å². The number of halogens is 1. The van der Waals surface area contributed by atoms with E-state index in [1.165, 1.54) is 0 Å². The second kappa shape index (κ2) is 9.23. The van der Waals surface area contributed by atoms with E-state index in [4.69, 9.17) is 21.1 Å². The highest BCUT2D eigenvalue weighted by atomic mass is 35.5. The molecule has 0 aliphatic rings. The summed E-state index contributed by atoms with van der Waals surface area (Å²) in [6.07, 6.45) is 1.71. The molecule has 0 aliphatic carbocycles. The monoisotopic (exact) mass is 360 g/mol. The van der Waals surface area contributed by atoms with Gasteiger partial charge in [-0.15, -0.1) is 0 Å². The zero-order chi connectivity index (χ0) is 18.2. The highest BCUT2D eigenvalue weighted by molar-refractivity contribution is 6.31. The van der Waals surface area contributed by atoms with Crippen molar-refractivity contribution in [2.24, 2.45) is 0 Å². The highest BCUT2D eigenvalue weighted by Gasteiger charge is 2.13. The number of esters is 2. The lowest BCUT2D eigenvalue weighted by atomic mass is 10.1. The molecule has 0 saturated heterocycles. The van der Waals surface area contributed by atoms with E-state index in [9.17, 15) is 9.59 Å². The molecule has 0 aromatic heterocycles. The number of ether oxygens (including phenoxy) is 2. The van der Waals surface area contributed by atoms with Crippen LogP contribution in [-0.4, -0.2) is 11.9 Å². The molecule has 2 aromatic carbocycles. The molecule has 0 N–H and O–H groups in total. The fourth-order valence-electron chi connectivity index (χ4n) is 2.32. The maximum Gasteiger partial charge on any atom is 0.311 e. The summed E-state index contributed by atoms with van der Waals surface area (Å²) in [7, 11) is 0. The predicted molar refractivity (Wildman–Crippen MR) is 97.1 cm³/mol. The lowest BCUT2D eigenvalue weighted by Crippen LogP contribution is -2.14. The van der Waals surface area contributed by atoms with Crippen LogP contribution in [0.15, 0.2) is 42.5 Å². The van der Waals surface area contributed by atoms with Gasteiger partial charge in [0.2, 0.25) is 0 Å². The van der Waals surface area contributed by atoms with Crippen LogP contribution in [0.2, 0.25) is 5.02 Å². The molecule has 2 rings (SSSR count). The Bertz CT molecular complexity index is 755. The Morgan fingerprint density at radius 1 is 1.00 bits per heavy atom. The quantitative estimate of drug-likeness (QED) is 0.521. The molecule has 2 aromatic rings. The molecule has 4 nitrogen and oxygen atoms in total. The van der Waals surface area contributed by atoms with Crippen LogP contribution in [0, 0.1) is 6.92 Å². The number of hydrogen-bond acceptors (Lipinski definition) is 4. The number of para-hydroxylation sites is 1. The maximum atomic E-state index is 12.0. The second-order valence-electron chi connectivity index (χ2n) is 5.72. The molecule has 0 heterocycles. The molecule has 0 unspecified atom stereocenters. The van der Waals surface area contributed by atoms with Crippen molar-refractivity contribution in [3.63, 3.8) is 0 Å². The lowest BCUT2D eigenvalue weighted by molar-refractivity contribution is -0.140. The molecule has 5 heteroatoms. The van der Waals surface area contributed by atoms with Crippen molar-refractivity contribution in [1.29, 1.82) is 0 Å². The topological polar surface area (TPSA) is 52.6 Å². The second-order valence-corrected chi connectivity index (χ2v) is 6.12. The van der Waals surface area contributed by atoms with Gasteiger partial charge in [0, 0.05) is 5.02 Å². The zero-order valence-corrected chi connectivity index (χ0v) is 15.1. The minimum Gasteiger partial charge on any atom is -0.427 e. The van der Waals surface area contributed by atoms with E-state index >= 15 is 0 Å². The summed E-state index contributed by atoms with van der Waals surface area (Å²) in [5, 5.41) is 0.606. The zero-order valence-electron chi connectivity index (χ0n) is 14.4. The third-order valence-corrected chi connectivity index (χ3v) is 4.03. The van der Waals surface area contributed by atoms with Crippen molar-refractivity contribution in [1.82, 2.24) is 0 Å². The predicted octanol–water partition coefficient (Wildman–Crippen LogP) is 4.89. The van der Waals surface area contributed by atoms with Crippen LogP contribution in [0.1, 0.15) is 37.3 Å². The molecule has 0 saturated carbocycles.